The molecule has 0 bridgehead atoms. The number of aliphatic hydroxyl groups excluding tert-OH is 1. The van der Waals surface area contributed by atoms with Gasteiger partial charge in [0.2, 0.25) is 0 Å². The van der Waals surface area contributed by atoms with Crippen molar-refractivity contribution in [3.63, 3.8) is 0 Å². The Kier molecular flexibility index (Phi) is 3.27. The van der Waals surface area contributed by atoms with E-state index >= 15 is 0 Å². The zero-order valence-corrected chi connectivity index (χ0v) is 11.3. The predicted octanol–water partition coefficient (Wildman–Crippen LogP) is 3.82. The highest BCUT2D eigenvalue weighted by Crippen LogP contribution is 2.42. The summed E-state index contributed by atoms with van der Waals surface area (Å²) < 4.78 is 6.98. The summed E-state index contributed by atoms with van der Waals surface area (Å²) in [5.41, 5.74) is 0.664. The van der Waals surface area contributed by atoms with Crippen LogP contribution in [0.1, 0.15) is 44.8 Å². The summed E-state index contributed by atoms with van der Waals surface area (Å²) in [4.78, 5) is 0. The molecule has 0 spiro atoms. The lowest BCUT2D eigenvalue weighted by molar-refractivity contribution is -0.00737. The van der Waals surface area contributed by atoms with E-state index in [4.69, 9.17) is 4.74 Å². The molecule has 0 fully saturated rings. The van der Waals surface area contributed by atoms with Crippen molar-refractivity contribution < 1.29 is 9.84 Å². The number of halogens is 1. The zero-order chi connectivity index (χ0) is 11.8. The van der Waals surface area contributed by atoms with Crippen LogP contribution >= 0.6 is 15.9 Å². The van der Waals surface area contributed by atoms with E-state index in [9.17, 15) is 5.11 Å². The quantitative estimate of drug-likeness (QED) is 0.895. The normalized spacial score (nSPS) is 28.4. The van der Waals surface area contributed by atoms with Crippen LogP contribution in [-0.2, 0) is 0 Å². The minimum atomic E-state index is -0.419. The van der Waals surface area contributed by atoms with Crippen LogP contribution in [0.5, 0.6) is 5.75 Å². The van der Waals surface area contributed by atoms with Crippen LogP contribution in [0.15, 0.2) is 22.7 Å². The fourth-order valence-electron chi connectivity index (χ4n) is 2.38. The summed E-state index contributed by atoms with van der Waals surface area (Å²) in [5.74, 6) is 0.818. The SMILES string of the molecule is CCCC1(C)C[C@H](O)c2cc(Br)ccc2O1. The van der Waals surface area contributed by atoms with Crippen LogP contribution in [0.25, 0.3) is 0 Å². The molecule has 1 heterocycles. The first-order chi connectivity index (χ1) is 7.54. The molecule has 0 amide bonds. The van der Waals surface area contributed by atoms with E-state index in [0.29, 0.717) is 6.42 Å². The third-order valence-corrected chi connectivity index (χ3v) is 3.58. The summed E-state index contributed by atoms with van der Waals surface area (Å²) in [6, 6.07) is 5.81. The Morgan fingerprint density at radius 1 is 1.56 bits per heavy atom. The molecule has 1 aromatic rings. The lowest BCUT2D eigenvalue weighted by Gasteiger charge is -2.38. The van der Waals surface area contributed by atoms with Gasteiger partial charge in [0.25, 0.3) is 0 Å². The molecule has 3 heteroatoms. The first kappa shape index (κ1) is 11.9. The maximum absolute atomic E-state index is 10.1. The van der Waals surface area contributed by atoms with Gasteiger partial charge in [0, 0.05) is 16.5 Å². The topological polar surface area (TPSA) is 29.5 Å². The van der Waals surface area contributed by atoms with Gasteiger partial charge < -0.3 is 9.84 Å². The molecule has 1 unspecified atom stereocenters. The van der Waals surface area contributed by atoms with E-state index in [0.717, 1.165) is 28.6 Å². The highest BCUT2D eigenvalue weighted by atomic mass is 79.9. The fourth-order valence-corrected chi connectivity index (χ4v) is 2.76. The van der Waals surface area contributed by atoms with E-state index in [1.54, 1.807) is 0 Å². The maximum Gasteiger partial charge on any atom is 0.126 e. The number of hydrogen-bond acceptors (Lipinski definition) is 2. The van der Waals surface area contributed by atoms with E-state index < -0.39 is 6.10 Å². The standard InChI is InChI=1S/C13H17BrO2/c1-3-6-13(2)8-11(15)10-7-9(14)4-5-12(10)16-13/h4-5,7,11,15H,3,6,8H2,1-2H3/t11-,13?/m0/s1. The van der Waals surface area contributed by atoms with Gasteiger partial charge in [-0.3, -0.25) is 0 Å². The Morgan fingerprint density at radius 3 is 3.00 bits per heavy atom. The minimum Gasteiger partial charge on any atom is -0.487 e. The Morgan fingerprint density at radius 2 is 2.31 bits per heavy atom. The lowest BCUT2D eigenvalue weighted by Crippen LogP contribution is -2.37. The average molecular weight is 285 g/mol. The van der Waals surface area contributed by atoms with Crippen LogP contribution in [0.3, 0.4) is 0 Å². The molecule has 2 atom stereocenters. The van der Waals surface area contributed by atoms with Crippen molar-refractivity contribution in [2.24, 2.45) is 0 Å². The molecule has 0 aromatic heterocycles. The number of aliphatic hydroxyl groups is 1. The summed E-state index contributed by atoms with van der Waals surface area (Å²) >= 11 is 3.41. The summed E-state index contributed by atoms with van der Waals surface area (Å²) in [7, 11) is 0. The van der Waals surface area contributed by atoms with Gasteiger partial charge in [0.1, 0.15) is 11.4 Å². The van der Waals surface area contributed by atoms with E-state index in [1.165, 1.54) is 0 Å². The zero-order valence-electron chi connectivity index (χ0n) is 9.66. The number of hydrogen-bond donors (Lipinski definition) is 1. The molecule has 16 heavy (non-hydrogen) atoms. The number of rotatable bonds is 2. The van der Waals surface area contributed by atoms with Crippen LogP contribution in [0.2, 0.25) is 0 Å². The highest BCUT2D eigenvalue weighted by molar-refractivity contribution is 9.10. The maximum atomic E-state index is 10.1. The van der Waals surface area contributed by atoms with Gasteiger partial charge in [0.05, 0.1) is 6.10 Å². The molecule has 1 aromatic carbocycles. The summed E-state index contributed by atoms with van der Waals surface area (Å²) in [6.07, 6.45) is 2.29. The molecular weight excluding hydrogens is 268 g/mol. The largest absolute Gasteiger partial charge is 0.487 e. The number of benzene rings is 1. The van der Waals surface area contributed by atoms with Crippen LogP contribution in [0, 0.1) is 0 Å². The van der Waals surface area contributed by atoms with Crippen molar-refractivity contribution in [1.82, 2.24) is 0 Å². The molecular formula is C13H17BrO2. The Balaban J connectivity index is 2.33. The first-order valence-electron chi connectivity index (χ1n) is 5.70. The van der Waals surface area contributed by atoms with Gasteiger partial charge >= 0.3 is 0 Å². The van der Waals surface area contributed by atoms with Crippen LogP contribution < -0.4 is 4.74 Å². The van der Waals surface area contributed by atoms with Gasteiger partial charge in [-0.2, -0.15) is 0 Å². The molecule has 88 valence electrons. The molecule has 1 N–H and O–H groups in total. The molecule has 0 radical (unpaired) electrons. The van der Waals surface area contributed by atoms with Gasteiger partial charge in [0.15, 0.2) is 0 Å². The molecule has 2 rings (SSSR count). The average Bonchev–Trinajstić information content (AvgIpc) is 2.19. The number of ether oxygens (including phenoxy) is 1. The first-order valence-corrected chi connectivity index (χ1v) is 6.50. The fraction of sp³-hybridized carbons (Fsp3) is 0.538. The van der Waals surface area contributed by atoms with Crippen molar-refractivity contribution in [3.05, 3.63) is 28.2 Å². The third kappa shape index (κ3) is 2.25. The minimum absolute atomic E-state index is 0.227. The van der Waals surface area contributed by atoms with Crippen molar-refractivity contribution in [3.8, 4) is 5.75 Å². The van der Waals surface area contributed by atoms with Gasteiger partial charge in [-0.25, -0.2) is 0 Å². The Bertz CT molecular complexity index is 392. The Labute approximate surface area is 105 Å². The van der Waals surface area contributed by atoms with Crippen molar-refractivity contribution >= 4 is 15.9 Å². The highest BCUT2D eigenvalue weighted by Gasteiger charge is 2.35. The second-order valence-corrected chi connectivity index (χ2v) is 5.62. The second-order valence-electron chi connectivity index (χ2n) is 4.70. The van der Waals surface area contributed by atoms with Crippen molar-refractivity contribution in [2.45, 2.75) is 44.8 Å². The summed E-state index contributed by atoms with van der Waals surface area (Å²) in [6.45, 7) is 4.21. The smallest absolute Gasteiger partial charge is 0.126 e. The lowest BCUT2D eigenvalue weighted by atomic mass is 9.87. The van der Waals surface area contributed by atoms with E-state index in [-0.39, 0.29) is 5.60 Å². The van der Waals surface area contributed by atoms with Crippen molar-refractivity contribution in [2.75, 3.05) is 0 Å². The monoisotopic (exact) mass is 284 g/mol. The van der Waals surface area contributed by atoms with Gasteiger partial charge in [-0.05, 0) is 31.5 Å². The molecule has 1 aliphatic rings. The summed E-state index contributed by atoms with van der Waals surface area (Å²) in [5, 5.41) is 10.1. The van der Waals surface area contributed by atoms with Gasteiger partial charge in [-0.15, -0.1) is 0 Å². The molecule has 2 nitrogen and oxygen atoms in total. The van der Waals surface area contributed by atoms with E-state index in [1.807, 2.05) is 18.2 Å². The third-order valence-electron chi connectivity index (χ3n) is 3.09. The number of fused-ring (bicyclic) bond motifs is 1. The van der Waals surface area contributed by atoms with Crippen LogP contribution in [-0.4, -0.2) is 10.7 Å². The molecule has 0 saturated carbocycles. The molecule has 0 aliphatic carbocycles. The molecule has 1 aliphatic heterocycles. The van der Waals surface area contributed by atoms with Gasteiger partial charge in [-0.1, -0.05) is 29.3 Å². The predicted molar refractivity (Wildman–Crippen MR) is 67.7 cm³/mol. The van der Waals surface area contributed by atoms with Crippen molar-refractivity contribution in [1.29, 1.82) is 0 Å². The second kappa shape index (κ2) is 4.38. The van der Waals surface area contributed by atoms with E-state index in [2.05, 4.69) is 29.8 Å². The van der Waals surface area contributed by atoms with Crippen LogP contribution in [0.4, 0.5) is 0 Å². The molecule has 0 saturated heterocycles. The Hall–Kier alpha value is -0.540.